The highest BCUT2D eigenvalue weighted by atomic mass is 16.5. The number of ether oxygens (including phenoxy) is 2. The van der Waals surface area contributed by atoms with Gasteiger partial charge in [-0.2, -0.15) is 0 Å². The molecule has 0 aromatic heterocycles. The number of allylic oxidation sites excluding steroid dienone is 1. The van der Waals surface area contributed by atoms with Gasteiger partial charge in [-0.1, -0.05) is 30.3 Å². The zero-order valence-electron chi connectivity index (χ0n) is 16.0. The number of methoxy groups -OCH3 is 1. The number of benzene rings is 2. The highest BCUT2D eigenvalue weighted by molar-refractivity contribution is 6.16. The molecule has 0 unspecified atom stereocenters. The van der Waals surface area contributed by atoms with Crippen molar-refractivity contribution in [2.45, 2.75) is 6.92 Å². The predicted octanol–water partition coefficient (Wildman–Crippen LogP) is 2.66. The van der Waals surface area contributed by atoms with Crippen LogP contribution in [0.4, 0.5) is 5.69 Å². The normalized spacial score (nSPS) is 14.6. The smallest absolute Gasteiger partial charge is 0.340 e. The second-order valence-corrected chi connectivity index (χ2v) is 6.28. The van der Waals surface area contributed by atoms with Crippen molar-refractivity contribution < 1.29 is 23.9 Å². The summed E-state index contributed by atoms with van der Waals surface area (Å²) in [6.45, 7) is 1.51. The Balaban J connectivity index is 1.64. The molecular formula is C22H20N2O5. The molecule has 29 heavy (non-hydrogen) atoms. The average molecular weight is 392 g/mol. The molecule has 2 amide bonds. The molecule has 2 N–H and O–H groups in total. The van der Waals surface area contributed by atoms with E-state index in [1.807, 2.05) is 18.2 Å². The first kappa shape index (κ1) is 19.9. The fourth-order valence-electron chi connectivity index (χ4n) is 2.81. The monoisotopic (exact) mass is 392 g/mol. The molecule has 1 aliphatic heterocycles. The maximum atomic E-state index is 12.1. The summed E-state index contributed by atoms with van der Waals surface area (Å²) in [6.07, 6.45) is 1.60. The number of hydrogen-bond acceptors (Lipinski definition) is 5. The van der Waals surface area contributed by atoms with Gasteiger partial charge in [0.05, 0.1) is 18.3 Å². The largest absolute Gasteiger partial charge is 0.484 e. The summed E-state index contributed by atoms with van der Waals surface area (Å²) in [5, 5.41) is 5.35. The molecule has 0 saturated heterocycles. The van der Waals surface area contributed by atoms with Crippen LogP contribution in [0, 0.1) is 0 Å². The van der Waals surface area contributed by atoms with Crippen molar-refractivity contribution in [3.05, 3.63) is 77.0 Å². The van der Waals surface area contributed by atoms with Crippen LogP contribution in [0.25, 0.3) is 6.08 Å². The lowest BCUT2D eigenvalue weighted by Gasteiger charge is -2.08. The Morgan fingerprint density at radius 3 is 2.41 bits per heavy atom. The summed E-state index contributed by atoms with van der Waals surface area (Å²) in [4.78, 5) is 36.0. The zero-order valence-corrected chi connectivity index (χ0v) is 16.0. The fraction of sp³-hybridized carbons (Fsp3) is 0.136. The molecular weight excluding hydrogens is 372 g/mol. The number of carbonyl (C=O) groups is 3. The third-order valence-electron chi connectivity index (χ3n) is 4.20. The Bertz CT molecular complexity index is 992. The topological polar surface area (TPSA) is 93.7 Å². The quantitative estimate of drug-likeness (QED) is 0.582. The van der Waals surface area contributed by atoms with Crippen molar-refractivity contribution in [1.29, 1.82) is 0 Å². The molecule has 1 heterocycles. The van der Waals surface area contributed by atoms with Crippen LogP contribution in [0.5, 0.6) is 5.75 Å². The van der Waals surface area contributed by atoms with E-state index in [4.69, 9.17) is 9.47 Å². The minimum Gasteiger partial charge on any atom is -0.484 e. The van der Waals surface area contributed by atoms with E-state index in [0.29, 0.717) is 22.7 Å². The van der Waals surface area contributed by atoms with Crippen molar-refractivity contribution in [2.24, 2.45) is 0 Å². The van der Waals surface area contributed by atoms with E-state index in [1.54, 1.807) is 49.4 Å². The summed E-state index contributed by atoms with van der Waals surface area (Å²) >= 11 is 0. The number of anilines is 1. The van der Waals surface area contributed by atoms with E-state index >= 15 is 0 Å². The molecule has 0 aliphatic carbocycles. The molecule has 0 radical (unpaired) electrons. The highest BCUT2D eigenvalue weighted by Crippen LogP contribution is 2.25. The number of amides is 2. The Labute approximate surface area is 168 Å². The Morgan fingerprint density at radius 1 is 1.07 bits per heavy atom. The molecule has 0 spiro atoms. The van der Waals surface area contributed by atoms with Gasteiger partial charge in [0.25, 0.3) is 11.8 Å². The molecule has 1 aliphatic rings. The lowest BCUT2D eigenvalue weighted by molar-refractivity contribution is -0.136. The first-order chi connectivity index (χ1) is 14.0. The number of esters is 1. The number of hydrogen-bond donors (Lipinski definition) is 2. The summed E-state index contributed by atoms with van der Waals surface area (Å²) in [6, 6.07) is 15.9. The molecule has 0 atom stereocenters. The lowest BCUT2D eigenvalue weighted by atomic mass is 10.0. The summed E-state index contributed by atoms with van der Waals surface area (Å²) < 4.78 is 10.2. The predicted molar refractivity (Wildman–Crippen MR) is 108 cm³/mol. The van der Waals surface area contributed by atoms with Gasteiger partial charge in [0.15, 0.2) is 6.61 Å². The molecule has 2 aromatic carbocycles. The van der Waals surface area contributed by atoms with Crippen molar-refractivity contribution in [3.63, 3.8) is 0 Å². The summed E-state index contributed by atoms with van der Waals surface area (Å²) in [5.74, 6) is -0.697. The third-order valence-corrected chi connectivity index (χ3v) is 4.20. The Hall–Kier alpha value is -3.87. The molecule has 0 saturated carbocycles. The van der Waals surface area contributed by atoms with Crippen molar-refractivity contribution in [3.8, 4) is 5.75 Å². The molecule has 7 heteroatoms. The molecule has 7 nitrogen and oxygen atoms in total. The van der Waals surface area contributed by atoms with Crippen molar-refractivity contribution in [1.82, 2.24) is 5.32 Å². The Kier molecular flexibility index (Phi) is 6.09. The van der Waals surface area contributed by atoms with E-state index in [9.17, 15) is 14.4 Å². The Morgan fingerprint density at radius 2 is 1.76 bits per heavy atom. The van der Waals surface area contributed by atoms with Gasteiger partial charge in [0.2, 0.25) is 0 Å². The number of nitrogens with one attached hydrogen (secondary N) is 2. The van der Waals surface area contributed by atoms with Crippen LogP contribution in [-0.4, -0.2) is 31.5 Å². The minimum absolute atomic E-state index is 0.133. The first-order valence-electron chi connectivity index (χ1n) is 8.88. The lowest BCUT2D eigenvalue weighted by Crippen LogP contribution is -2.20. The van der Waals surface area contributed by atoms with E-state index < -0.39 is 5.97 Å². The summed E-state index contributed by atoms with van der Waals surface area (Å²) in [7, 11) is 1.27. The van der Waals surface area contributed by atoms with Crippen LogP contribution in [0.3, 0.4) is 0 Å². The van der Waals surface area contributed by atoms with Gasteiger partial charge in [-0.05, 0) is 42.8 Å². The fourth-order valence-corrected chi connectivity index (χ4v) is 2.81. The van der Waals surface area contributed by atoms with Crippen LogP contribution < -0.4 is 15.4 Å². The second-order valence-electron chi connectivity index (χ2n) is 6.28. The van der Waals surface area contributed by atoms with Gasteiger partial charge in [0, 0.05) is 11.4 Å². The number of carbonyl (C=O) groups excluding carboxylic acids is 3. The van der Waals surface area contributed by atoms with Gasteiger partial charge < -0.3 is 20.1 Å². The van der Waals surface area contributed by atoms with Crippen LogP contribution in [0.2, 0.25) is 0 Å². The van der Waals surface area contributed by atoms with Gasteiger partial charge >= 0.3 is 5.97 Å². The molecule has 0 bridgehead atoms. The molecule has 148 valence electrons. The van der Waals surface area contributed by atoms with Crippen LogP contribution in [-0.2, 0) is 19.1 Å². The maximum Gasteiger partial charge on any atom is 0.340 e. The SMILES string of the molecule is COC(=O)C1=C(C)NC(=O)/C1=C/c1ccc(OCC(=O)Nc2ccccc2)cc1. The van der Waals surface area contributed by atoms with Gasteiger partial charge in [-0.25, -0.2) is 4.79 Å². The second kappa shape index (κ2) is 8.88. The van der Waals surface area contributed by atoms with E-state index in [2.05, 4.69) is 10.6 Å². The number of rotatable bonds is 6. The summed E-state index contributed by atoms with van der Waals surface area (Å²) in [5.41, 5.74) is 2.31. The van der Waals surface area contributed by atoms with Gasteiger partial charge in [-0.15, -0.1) is 0 Å². The van der Waals surface area contributed by atoms with E-state index in [-0.39, 0.29) is 29.6 Å². The standard InChI is InChI=1S/C22H20N2O5/c1-14-20(22(27)28-2)18(21(26)23-14)12-15-8-10-17(11-9-15)29-13-19(25)24-16-6-4-3-5-7-16/h3-12H,13H2,1-2H3,(H,23,26)(H,24,25)/b18-12+. The first-order valence-corrected chi connectivity index (χ1v) is 8.88. The van der Waals surface area contributed by atoms with E-state index in [0.717, 1.165) is 0 Å². The number of para-hydroxylation sites is 1. The van der Waals surface area contributed by atoms with Crippen LogP contribution >= 0.6 is 0 Å². The zero-order chi connectivity index (χ0) is 20.8. The maximum absolute atomic E-state index is 12.1. The average Bonchev–Trinajstić information content (AvgIpc) is 3.00. The highest BCUT2D eigenvalue weighted by Gasteiger charge is 2.30. The van der Waals surface area contributed by atoms with Gasteiger partial charge in [-0.3, -0.25) is 9.59 Å². The molecule has 0 fully saturated rings. The minimum atomic E-state index is -0.573. The van der Waals surface area contributed by atoms with Crippen LogP contribution in [0.1, 0.15) is 12.5 Å². The van der Waals surface area contributed by atoms with E-state index in [1.165, 1.54) is 7.11 Å². The third kappa shape index (κ3) is 4.90. The van der Waals surface area contributed by atoms with Crippen molar-refractivity contribution in [2.75, 3.05) is 19.0 Å². The molecule has 2 aromatic rings. The van der Waals surface area contributed by atoms with Crippen molar-refractivity contribution >= 4 is 29.5 Å². The molecule has 3 rings (SSSR count). The van der Waals surface area contributed by atoms with Crippen LogP contribution in [0.15, 0.2) is 71.4 Å². The van der Waals surface area contributed by atoms with Gasteiger partial charge in [0.1, 0.15) is 5.75 Å².